The molecule has 0 aliphatic rings. The standard InChI is InChI=1S/C68H135NO5/c1-3-5-7-9-11-13-15-17-19-20-26-30-34-38-42-46-50-54-58-62-68(73)74-63-59-55-51-47-43-39-35-31-28-25-23-21-22-24-27-29-33-37-41-45-49-53-57-61-67(72)69-65(64-70)66(71)60-56-52-48-44-40-36-32-18-16-14-12-10-8-6-4-2/h65-66,70-71H,3-64H2,1-2H3,(H,69,72). The van der Waals surface area contributed by atoms with Gasteiger partial charge < -0.3 is 20.3 Å². The van der Waals surface area contributed by atoms with Crippen LogP contribution in [-0.2, 0) is 14.3 Å². The Morgan fingerprint density at radius 3 is 0.824 bits per heavy atom. The van der Waals surface area contributed by atoms with Gasteiger partial charge in [0.05, 0.1) is 25.4 Å². The summed E-state index contributed by atoms with van der Waals surface area (Å²) in [5.74, 6) is -0.0102. The summed E-state index contributed by atoms with van der Waals surface area (Å²) in [6.45, 7) is 5.00. The maximum Gasteiger partial charge on any atom is 0.305 e. The Morgan fingerprint density at radius 2 is 0.554 bits per heavy atom. The highest BCUT2D eigenvalue weighted by molar-refractivity contribution is 5.76. The predicted molar refractivity (Wildman–Crippen MR) is 324 cm³/mol. The molecule has 0 bridgehead atoms. The van der Waals surface area contributed by atoms with Gasteiger partial charge in [-0.25, -0.2) is 0 Å². The van der Waals surface area contributed by atoms with Crippen LogP contribution in [0.5, 0.6) is 0 Å². The fourth-order valence-corrected chi connectivity index (χ4v) is 11.2. The average Bonchev–Trinajstić information content (AvgIpc) is 3.40. The van der Waals surface area contributed by atoms with Crippen LogP contribution >= 0.6 is 0 Å². The van der Waals surface area contributed by atoms with E-state index in [4.69, 9.17) is 4.74 Å². The molecule has 0 spiro atoms. The number of nitrogens with one attached hydrogen (secondary N) is 1. The molecule has 0 saturated carbocycles. The number of aliphatic hydroxyl groups is 2. The van der Waals surface area contributed by atoms with Gasteiger partial charge in [-0.05, 0) is 25.7 Å². The highest BCUT2D eigenvalue weighted by atomic mass is 16.5. The monoisotopic (exact) mass is 1050 g/mol. The van der Waals surface area contributed by atoms with Gasteiger partial charge in [-0.2, -0.15) is 0 Å². The summed E-state index contributed by atoms with van der Waals surface area (Å²) in [5.41, 5.74) is 0. The first kappa shape index (κ1) is 72.9. The summed E-state index contributed by atoms with van der Waals surface area (Å²) in [5, 5.41) is 23.3. The first-order valence-electron chi connectivity index (χ1n) is 34.3. The van der Waals surface area contributed by atoms with E-state index in [0.29, 0.717) is 25.9 Å². The van der Waals surface area contributed by atoms with Gasteiger partial charge in [0.25, 0.3) is 0 Å². The van der Waals surface area contributed by atoms with E-state index in [1.54, 1.807) is 0 Å². The normalized spacial score (nSPS) is 12.4. The van der Waals surface area contributed by atoms with Crippen LogP contribution in [0.4, 0.5) is 0 Å². The van der Waals surface area contributed by atoms with Gasteiger partial charge in [0.1, 0.15) is 0 Å². The van der Waals surface area contributed by atoms with Gasteiger partial charge in [-0.15, -0.1) is 0 Å². The minimum Gasteiger partial charge on any atom is -0.466 e. The number of carbonyl (C=O) groups excluding carboxylic acids is 2. The molecule has 0 fully saturated rings. The minimum absolute atomic E-state index is 0.0205. The lowest BCUT2D eigenvalue weighted by Gasteiger charge is -2.22. The van der Waals surface area contributed by atoms with Gasteiger partial charge in [0, 0.05) is 12.8 Å². The first-order valence-corrected chi connectivity index (χ1v) is 34.3. The zero-order valence-corrected chi connectivity index (χ0v) is 50.6. The van der Waals surface area contributed by atoms with Crippen LogP contribution in [-0.4, -0.2) is 47.4 Å². The molecule has 0 heterocycles. The van der Waals surface area contributed by atoms with Crippen molar-refractivity contribution < 1.29 is 24.5 Å². The Hall–Kier alpha value is -1.14. The summed E-state index contributed by atoms with van der Waals surface area (Å²) in [6.07, 6.45) is 77.1. The van der Waals surface area contributed by atoms with Gasteiger partial charge in [-0.3, -0.25) is 9.59 Å². The summed E-state index contributed by atoms with van der Waals surface area (Å²) >= 11 is 0. The lowest BCUT2D eigenvalue weighted by molar-refractivity contribution is -0.143. The molecule has 0 aliphatic carbocycles. The maximum atomic E-state index is 12.5. The van der Waals surface area contributed by atoms with Crippen LogP contribution in [0.25, 0.3) is 0 Å². The van der Waals surface area contributed by atoms with Gasteiger partial charge >= 0.3 is 5.97 Å². The van der Waals surface area contributed by atoms with Crippen LogP contribution in [0, 0.1) is 0 Å². The van der Waals surface area contributed by atoms with Crippen molar-refractivity contribution in [2.45, 2.75) is 411 Å². The zero-order valence-electron chi connectivity index (χ0n) is 50.6. The van der Waals surface area contributed by atoms with E-state index in [9.17, 15) is 19.8 Å². The Kier molecular flexibility index (Phi) is 63.4. The van der Waals surface area contributed by atoms with E-state index in [1.807, 2.05) is 0 Å². The lowest BCUT2D eigenvalue weighted by Crippen LogP contribution is -2.45. The van der Waals surface area contributed by atoms with Crippen molar-refractivity contribution in [1.82, 2.24) is 5.32 Å². The molecule has 0 saturated heterocycles. The second-order valence-corrected chi connectivity index (χ2v) is 23.9. The van der Waals surface area contributed by atoms with E-state index >= 15 is 0 Å². The fraction of sp³-hybridized carbons (Fsp3) is 0.971. The first-order chi connectivity index (χ1) is 36.5. The Balaban J connectivity index is 3.33. The molecule has 3 N–H and O–H groups in total. The van der Waals surface area contributed by atoms with Crippen LogP contribution in [0.15, 0.2) is 0 Å². The quantitative estimate of drug-likeness (QED) is 0.0417. The molecule has 442 valence electrons. The zero-order chi connectivity index (χ0) is 53.6. The van der Waals surface area contributed by atoms with Gasteiger partial charge in [0.2, 0.25) is 5.91 Å². The third kappa shape index (κ3) is 60.1. The fourth-order valence-electron chi connectivity index (χ4n) is 11.2. The van der Waals surface area contributed by atoms with Gasteiger partial charge in [0.15, 0.2) is 0 Å². The molecule has 0 aromatic rings. The van der Waals surface area contributed by atoms with Crippen molar-refractivity contribution >= 4 is 11.9 Å². The SMILES string of the molecule is CCCCCCCCCCCCCCCCCCCCCC(=O)OCCCCCCCCCCCCCCCCCCCCCCCCCC(=O)NC(CO)C(O)CCCCCCCCCCCCCCCCC. The molecule has 0 radical (unpaired) electrons. The van der Waals surface area contributed by atoms with Crippen LogP contribution in [0.1, 0.15) is 399 Å². The van der Waals surface area contributed by atoms with E-state index in [1.165, 1.54) is 327 Å². The van der Waals surface area contributed by atoms with Crippen LogP contribution in [0.3, 0.4) is 0 Å². The minimum atomic E-state index is -0.663. The third-order valence-corrected chi connectivity index (χ3v) is 16.4. The molecule has 74 heavy (non-hydrogen) atoms. The van der Waals surface area contributed by atoms with E-state index < -0.39 is 12.1 Å². The lowest BCUT2D eigenvalue weighted by atomic mass is 10.0. The molecule has 1 amide bonds. The van der Waals surface area contributed by atoms with E-state index in [2.05, 4.69) is 19.2 Å². The molecule has 2 unspecified atom stereocenters. The molecular formula is C68H135NO5. The number of hydrogen-bond donors (Lipinski definition) is 3. The molecule has 0 aromatic heterocycles. The smallest absolute Gasteiger partial charge is 0.305 e. The Morgan fingerprint density at radius 1 is 0.324 bits per heavy atom. The molecule has 6 heteroatoms. The van der Waals surface area contributed by atoms with E-state index in [-0.39, 0.29) is 18.5 Å². The van der Waals surface area contributed by atoms with Crippen molar-refractivity contribution in [3.63, 3.8) is 0 Å². The number of aliphatic hydroxyl groups excluding tert-OH is 2. The number of amides is 1. The molecule has 0 aromatic carbocycles. The van der Waals surface area contributed by atoms with Crippen molar-refractivity contribution in [2.75, 3.05) is 13.2 Å². The largest absolute Gasteiger partial charge is 0.466 e. The average molecular weight is 1050 g/mol. The number of rotatable bonds is 65. The molecule has 0 aliphatic heterocycles. The molecule has 0 rings (SSSR count). The van der Waals surface area contributed by atoms with Crippen molar-refractivity contribution in [3.8, 4) is 0 Å². The number of esters is 1. The predicted octanol–water partition coefficient (Wildman–Crippen LogP) is 21.8. The number of carbonyl (C=O) groups is 2. The van der Waals surface area contributed by atoms with Crippen LogP contribution in [0.2, 0.25) is 0 Å². The number of hydrogen-bond acceptors (Lipinski definition) is 5. The second kappa shape index (κ2) is 64.4. The van der Waals surface area contributed by atoms with Crippen molar-refractivity contribution in [3.05, 3.63) is 0 Å². The Labute approximate surface area is 464 Å². The summed E-state index contributed by atoms with van der Waals surface area (Å²) < 4.78 is 5.51. The van der Waals surface area contributed by atoms with Crippen molar-refractivity contribution in [1.29, 1.82) is 0 Å². The second-order valence-electron chi connectivity index (χ2n) is 23.9. The molecular weight excluding hydrogens is 911 g/mol. The Bertz CT molecular complexity index is 1070. The maximum absolute atomic E-state index is 12.5. The van der Waals surface area contributed by atoms with E-state index in [0.717, 1.165) is 38.5 Å². The third-order valence-electron chi connectivity index (χ3n) is 16.4. The highest BCUT2D eigenvalue weighted by Crippen LogP contribution is 2.19. The van der Waals surface area contributed by atoms with Gasteiger partial charge in [-0.1, -0.05) is 361 Å². The number of unbranched alkanes of at least 4 members (excludes halogenated alkanes) is 54. The summed E-state index contributed by atoms with van der Waals surface area (Å²) in [4.78, 5) is 24.6. The summed E-state index contributed by atoms with van der Waals surface area (Å²) in [6, 6.07) is -0.540. The highest BCUT2D eigenvalue weighted by Gasteiger charge is 2.20. The molecule has 6 nitrogen and oxygen atoms in total. The van der Waals surface area contributed by atoms with Crippen molar-refractivity contribution in [2.24, 2.45) is 0 Å². The topological polar surface area (TPSA) is 95.9 Å². The number of ether oxygens (including phenoxy) is 1. The molecule has 2 atom stereocenters. The van der Waals surface area contributed by atoms with Crippen LogP contribution < -0.4 is 5.32 Å². The summed E-state index contributed by atoms with van der Waals surface area (Å²) in [7, 11) is 0.